The van der Waals surface area contributed by atoms with Gasteiger partial charge >= 0.3 is 5.69 Å². The van der Waals surface area contributed by atoms with Crippen molar-refractivity contribution in [2.45, 2.75) is 20.0 Å². The van der Waals surface area contributed by atoms with Crippen LogP contribution in [0.3, 0.4) is 0 Å². The van der Waals surface area contributed by atoms with E-state index in [0.717, 1.165) is 22.7 Å². The number of aromatic amines is 2. The van der Waals surface area contributed by atoms with Gasteiger partial charge in [0.2, 0.25) is 0 Å². The fourth-order valence-corrected chi connectivity index (χ4v) is 3.47. The van der Waals surface area contributed by atoms with Gasteiger partial charge in [0.1, 0.15) is 0 Å². The lowest BCUT2D eigenvalue weighted by Crippen LogP contribution is -2.09. The number of benzene rings is 2. The number of hydrogen-bond acceptors (Lipinski definition) is 4. The van der Waals surface area contributed by atoms with Crippen molar-refractivity contribution in [3.63, 3.8) is 0 Å². The number of imidazole rings is 2. The maximum Gasteiger partial charge on any atom is 0.340 e. The van der Waals surface area contributed by atoms with Crippen molar-refractivity contribution in [3.8, 4) is 11.6 Å². The standard InChI is InChI=1S/C21H19N7O/c1-14-6-8-15(9-7-14)12-28-17-5-3-2-4-16(17)23-20(28)19-22-10-11-27(19)13-18-24-21(29)26-25-18/h2-11H,12-13H2,1H3,(H2,24,25,26,29). The minimum Gasteiger partial charge on any atom is -0.321 e. The summed E-state index contributed by atoms with van der Waals surface area (Å²) in [5, 5.41) is 6.39. The van der Waals surface area contributed by atoms with Crippen LogP contribution in [0.15, 0.2) is 65.7 Å². The summed E-state index contributed by atoms with van der Waals surface area (Å²) in [6.07, 6.45) is 3.59. The Morgan fingerprint density at radius 1 is 1.00 bits per heavy atom. The van der Waals surface area contributed by atoms with Gasteiger partial charge in [-0.05, 0) is 24.6 Å². The number of nitrogens with zero attached hydrogens (tertiary/aromatic N) is 5. The summed E-state index contributed by atoms with van der Waals surface area (Å²) >= 11 is 0. The van der Waals surface area contributed by atoms with Gasteiger partial charge < -0.3 is 9.13 Å². The van der Waals surface area contributed by atoms with Crippen LogP contribution in [-0.2, 0) is 13.1 Å². The van der Waals surface area contributed by atoms with E-state index in [1.165, 1.54) is 11.1 Å². The summed E-state index contributed by atoms with van der Waals surface area (Å²) in [4.78, 5) is 23.4. The van der Waals surface area contributed by atoms with Crippen LogP contribution in [0, 0.1) is 6.92 Å². The Hall–Kier alpha value is -3.94. The monoisotopic (exact) mass is 385 g/mol. The molecular weight excluding hydrogens is 366 g/mol. The normalized spacial score (nSPS) is 11.3. The first kappa shape index (κ1) is 17.2. The van der Waals surface area contributed by atoms with Gasteiger partial charge in [0, 0.05) is 18.9 Å². The SMILES string of the molecule is Cc1ccc(Cn2c(-c3nccn3Cc3n[nH]c(=O)[nH]3)nc3ccccc32)cc1. The summed E-state index contributed by atoms with van der Waals surface area (Å²) in [5.41, 5.74) is 4.05. The van der Waals surface area contributed by atoms with Crippen LogP contribution >= 0.6 is 0 Å². The largest absolute Gasteiger partial charge is 0.340 e. The lowest BCUT2D eigenvalue weighted by molar-refractivity contribution is 0.737. The number of fused-ring (bicyclic) bond motifs is 1. The topological polar surface area (TPSA) is 97.2 Å². The van der Waals surface area contributed by atoms with Gasteiger partial charge in [-0.3, -0.25) is 4.98 Å². The highest BCUT2D eigenvalue weighted by atomic mass is 16.1. The Bertz CT molecular complexity index is 1340. The van der Waals surface area contributed by atoms with Crippen LogP contribution in [0.25, 0.3) is 22.7 Å². The predicted octanol–water partition coefficient (Wildman–Crippen LogP) is 2.72. The molecule has 0 amide bonds. The van der Waals surface area contributed by atoms with Crippen LogP contribution in [0.4, 0.5) is 0 Å². The minimum atomic E-state index is -0.326. The van der Waals surface area contributed by atoms with Gasteiger partial charge in [0.25, 0.3) is 0 Å². The van der Waals surface area contributed by atoms with Crippen molar-refractivity contribution in [1.82, 2.24) is 34.3 Å². The third-order valence-electron chi connectivity index (χ3n) is 4.90. The molecule has 0 bridgehead atoms. The zero-order valence-corrected chi connectivity index (χ0v) is 15.8. The van der Waals surface area contributed by atoms with E-state index in [1.807, 2.05) is 29.0 Å². The van der Waals surface area contributed by atoms with E-state index in [9.17, 15) is 4.79 Å². The van der Waals surface area contributed by atoms with Gasteiger partial charge in [0.15, 0.2) is 17.5 Å². The molecule has 29 heavy (non-hydrogen) atoms. The maximum atomic E-state index is 11.4. The maximum absolute atomic E-state index is 11.4. The molecular formula is C21H19N7O. The average molecular weight is 385 g/mol. The average Bonchev–Trinajstić information content (AvgIpc) is 3.43. The molecule has 2 aromatic carbocycles. The quantitative estimate of drug-likeness (QED) is 0.486. The molecule has 0 aliphatic carbocycles. The molecule has 0 aliphatic heterocycles. The van der Waals surface area contributed by atoms with Crippen molar-refractivity contribution in [1.29, 1.82) is 0 Å². The van der Waals surface area contributed by atoms with Crippen LogP contribution in [0.2, 0.25) is 0 Å². The van der Waals surface area contributed by atoms with E-state index in [2.05, 4.69) is 62.0 Å². The van der Waals surface area contributed by atoms with Crippen LogP contribution in [-0.4, -0.2) is 34.3 Å². The second-order valence-electron chi connectivity index (χ2n) is 7.00. The summed E-state index contributed by atoms with van der Waals surface area (Å²) in [5.74, 6) is 2.03. The van der Waals surface area contributed by atoms with E-state index in [-0.39, 0.29) is 5.69 Å². The van der Waals surface area contributed by atoms with E-state index in [4.69, 9.17) is 4.98 Å². The lowest BCUT2D eigenvalue weighted by Gasteiger charge is -2.11. The Morgan fingerprint density at radius 2 is 1.83 bits per heavy atom. The molecule has 5 aromatic rings. The highest BCUT2D eigenvalue weighted by Gasteiger charge is 2.18. The smallest absolute Gasteiger partial charge is 0.321 e. The molecule has 3 aromatic heterocycles. The van der Waals surface area contributed by atoms with E-state index in [0.29, 0.717) is 18.9 Å². The molecule has 2 N–H and O–H groups in total. The third kappa shape index (κ3) is 3.25. The summed E-state index contributed by atoms with van der Waals surface area (Å²) in [6.45, 7) is 3.15. The van der Waals surface area contributed by atoms with Crippen molar-refractivity contribution in [3.05, 3.63) is 88.4 Å². The van der Waals surface area contributed by atoms with E-state index >= 15 is 0 Å². The molecule has 0 saturated heterocycles. The van der Waals surface area contributed by atoms with Crippen molar-refractivity contribution < 1.29 is 0 Å². The van der Waals surface area contributed by atoms with Gasteiger partial charge in [-0.25, -0.2) is 19.9 Å². The number of nitrogens with one attached hydrogen (secondary N) is 2. The van der Waals surface area contributed by atoms with Gasteiger partial charge in [-0.2, -0.15) is 5.10 Å². The molecule has 0 unspecified atom stereocenters. The fourth-order valence-electron chi connectivity index (χ4n) is 3.47. The molecule has 8 nitrogen and oxygen atoms in total. The first-order valence-corrected chi connectivity index (χ1v) is 9.33. The highest BCUT2D eigenvalue weighted by Crippen LogP contribution is 2.25. The van der Waals surface area contributed by atoms with Crippen molar-refractivity contribution >= 4 is 11.0 Å². The molecule has 8 heteroatoms. The second-order valence-corrected chi connectivity index (χ2v) is 7.00. The Labute approximate surface area is 165 Å². The molecule has 0 fully saturated rings. The fraction of sp³-hybridized carbons (Fsp3) is 0.143. The minimum absolute atomic E-state index is 0.326. The molecule has 0 saturated carbocycles. The first-order valence-electron chi connectivity index (χ1n) is 9.33. The molecule has 0 radical (unpaired) electrons. The van der Waals surface area contributed by atoms with Crippen LogP contribution < -0.4 is 5.69 Å². The summed E-state index contributed by atoms with van der Waals surface area (Å²) < 4.78 is 4.10. The molecule has 0 spiro atoms. The Kier molecular flexibility index (Phi) is 4.09. The predicted molar refractivity (Wildman–Crippen MR) is 110 cm³/mol. The number of hydrogen-bond donors (Lipinski definition) is 2. The number of aryl methyl sites for hydroxylation is 1. The van der Waals surface area contributed by atoms with Crippen molar-refractivity contribution in [2.24, 2.45) is 0 Å². The van der Waals surface area contributed by atoms with Crippen molar-refractivity contribution in [2.75, 3.05) is 0 Å². The highest BCUT2D eigenvalue weighted by molar-refractivity contribution is 5.79. The van der Waals surface area contributed by atoms with Crippen LogP contribution in [0.5, 0.6) is 0 Å². The molecule has 0 atom stereocenters. The Morgan fingerprint density at radius 3 is 2.62 bits per heavy atom. The number of aromatic nitrogens is 7. The van der Waals surface area contributed by atoms with Crippen LogP contribution in [0.1, 0.15) is 17.0 Å². The molecule has 5 rings (SSSR count). The zero-order chi connectivity index (χ0) is 19.8. The van der Waals surface area contributed by atoms with Gasteiger partial charge in [0.05, 0.1) is 17.6 Å². The Balaban J connectivity index is 1.61. The van der Waals surface area contributed by atoms with E-state index in [1.54, 1.807) is 6.20 Å². The van der Waals surface area contributed by atoms with Gasteiger partial charge in [-0.1, -0.05) is 42.0 Å². The number of H-pyrrole nitrogens is 2. The molecule has 0 aliphatic rings. The number of para-hydroxylation sites is 2. The van der Waals surface area contributed by atoms with Gasteiger partial charge in [-0.15, -0.1) is 0 Å². The first-order chi connectivity index (χ1) is 14.2. The molecule has 144 valence electrons. The third-order valence-corrected chi connectivity index (χ3v) is 4.90. The second kappa shape index (κ2) is 6.90. The number of rotatable bonds is 5. The van der Waals surface area contributed by atoms with E-state index < -0.39 is 0 Å². The zero-order valence-electron chi connectivity index (χ0n) is 15.8. The lowest BCUT2D eigenvalue weighted by atomic mass is 10.1. The summed E-state index contributed by atoms with van der Waals surface area (Å²) in [6, 6.07) is 16.6. The summed E-state index contributed by atoms with van der Waals surface area (Å²) in [7, 11) is 0. The molecule has 3 heterocycles.